The molecule has 21 heavy (non-hydrogen) atoms. The molecule has 0 saturated carbocycles. The second-order valence-electron chi connectivity index (χ2n) is 5.48. The Balaban J connectivity index is 1.64. The molecule has 2 N–H and O–H groups in total. The molecule has 0 aromatic heterocycles. The summed E-state index contributed by atoms with van der Waals surface area (Å²) in [6.07, 6.45) is 0.824. The maximum Gasteiger partial charge on any atom is 0.127 e. The highest BCUT2D eigenvalue weighted by molar-refractivity contribution is 5.44. The predicted octanol–water partition coefficient (Wildman–Crippen LogP) is 3.19. The first-order valence-corrected chi connectivity index (χ1v) is 7.08. The fraction of sp³-hybridized carbons (Fsp3) is 0.294. The number of rotatable bonds is 4. The number of fused-ring (bicyclic) bond motifs is 1. The van der Waals surface area contributed by atoms with Crippen molar-refractivity contribution in [2.75, 3.05) is 6.61 Å². The van der Waals surface area contributed by atoms with Gasteiger partial charge in [0.15, 0.2) is 0 Å². The Kier molecular flexibility index (Phi) is 3.80. The van der Waals surface area contributed by atoms with Crippen molar-refractivity contribution in [3.05, 3.63) is 59.4 Å². The Bertz CT molecular complexity index is 627. The van der Waals surface area contributed by atoms with E-state index in [2.05, 4.69) is 12.2 Å². The number of phenols is 1. The van der Waals surface area contributed by atoms with E-state index in [0.717, 1.165) is 23.3 Å². The average molecular weight is 287 g/mol. The summed E-state index contributed by atoms with van der Waals surface area (Å²) in [4.78, 5) is 0. The largest absolute Gasteiger partial charge is 0.508 e. The zero-order valence-electron chi connectivity index (χ0n) is 11.8. The van der Waals surface area contributed by atoms with Gasteiger partial charge >= 0.3 is 0 Å². The summed E-state index contributed by atoms with van der Waals surface area (Å²) in [6, 6.07) is 12.2. The third kappa shape index (κ3) is 3.16. The van der Waals surface area contributed by atoms with Crippen molar-refractivity contribution < 1.29 is 14.2 Å². The number of halogens is 1. The van der Waals surface area contributed by atoms with Crippen molar-refractivity contribution in [1.29, 1.82) is 0 Å². The second-order valence-corrected chi connectivity index (χ2v) is 5.48. The Hall–Kier alpha value is -2.07. The minimum atomic E-state index is -0.211. The first kappa shape index (κ1) is 13.9. The van der Waals surface area contributed by atoms with E-state index >= 15 is 0 Å². The Labute approximate surface area is 123 Å². The van der Waals surface area contributed by atoms with Crippen molar-refractivity contribution >= 4 is 0 Å². The first-order valence-electron chi connectivity index (χ1n) is 7.08. The summed E-state index contributed by atoms with van der Waals surface area (Å²) in [5.74, 6) is 0.743. The molecule has 2 aromatic rings. The van der Waals surface area contributed by atoms with Gasteiger partial charge in [0.05, 0.1) is 6.04 Å². The van der Waals surface area contributed by atoms with Gasteiger partial charge in [-0.3, -0.25) is 0 Å². The van der Waals surface area contributed by atoms with Gasteiger partial charge < -0.3 is 15.2 Å². The molecule has 0 radical (unpaired) electrons. The molecule has 2 atom stereocenters. The number of phenolic OH excluding ortho intramolecular Hbond substituents is 1. The molecular formula is C17H18FNO2. The zero-order valence-corrected chi connectivity index (χ0v) is 11.8. The Morgan fingerprint density at radius 3 is 2.81 bits per heavy atom. The number of hydrogen-bond acceptors (Lipinski definition) is 3. The van der Waals surface area contributed by atoms with Crippen LogP contribution in [0.1, 0.15) is 24.1 Å². The van der Waals surface area contributed by atoms with Crippen molar-refractivity contribution in [3.8, 4) is 11.5 Å². The molecule has 110 valence electrons. The molecule has 3 rings (SSSR count). The lowest BCUT2D eigenvalue weighted by atomic mass is 10.0. The minimum Gasteiger partial charge on any atom is -0.508 e. The fourth-order valence-corrected chi connectivity index (χ4v) is 2.71. The summed E-state index contributed by atoms with van der Waals surface area (Å²) in [5, 5.41) is 13.0. The van der Waals surface area contributed by atoms with Crippen LogP contribution in [0.4, 0.5) is 4.39 Å². The van der Waals surface area contributed by atoms with Crippen LogP contribution < -0.4 is 10.1 Å². The van der Waals surface area contributed by atoms with E-state index in [1.807, 2.05) is 18.2 Å². The van der Waals surface area contributed by atoms with Gasteiger partial charge in [0.2, 0.25) is 0 Å². The van der Waals surface area contributed by atoms with Crippen molar-refractivity contribution in [3.63, 3.8) is 0 Å². The number of ether oxygens (including phenoxy) is 1. The van der Waals surface area contributed by atoms with Crippen LogP contribution in [0.25, 0.3) is 0 Å². The Morgan fingerprint density at radius 1 is 1.29 bits per heavy atom. The summed E-state index contributed by atoms with van der Waals surface area (Å²) in [5.41, 5.74) is 2.17. The van der Waals surface area contributed by atoms with Crippen molar-refractivity contribution in [1.82, 2.24) is 5.32 Å². The molecule has 0 aliphatic carbocycles. The summed E-state index contributed by atoms with van der Waals surface area (Å²) in [7, 11) is 0. The fourth-order valence-electron chi connectivity index (χ4n) is 2.71. The molecule has 4 heteroatoms. The molecule has 0 saturated heterocycles. The van der Waals surface area contributed by atoms with Crippen LogP contribution in [0.15, 0.2) is 42.5 Å². The topological polar surface area (TPSA) is 41.5 Å². The molecule has 2 aromatic carbocycles. The van der Waals surface area contributed by atoms with Gasteiger partial charge in [-0.25, -0.2) is 4.39 Å². The Morgan fingerprint density at radius 2 is 2.05 bits per heavy atom. The highest BCUT2D eigenvalue weighted by atomic mass is 19.1. The summed E-state index contributed by atoms with van der Waals surface area (Å²) in [6.45, 7) is 2.66. The van der Waals surface area contributed by atoms with Gasteiger partial charge in [0.1, 0.15) is 23.9 Å². The first-order chi connectivity index (χ1) is 10.1. The zero-order chi connectivity index (χ0) is 14.8. The number of benzene rings is 2. The smallest absolute Gasteiger partial charge is 0.127 e. The molecule has 1 aliphatic rings. The number of nitrogens with one attached hydrogen (secondary N) is 1. The van der Waals surface area contributed by atoms with Crippen LogP contribution in [0.5, 0.6) is 11.5 Å². The van der Waals surface area contributed by atoms with Gasteiger partial charge in [-0.05, 0) is 43.2 Å². The van der Waals surface area contributed by atoms with Crippen molar-refractivity contribution in [2.24, 2.45) is 0 Å². The van der Waals surface area contributed by atoms with Crippen LogP contribution in [-0.4, -0.2) is 17.8 Å². The van der Waals surface area contributed by atoms with Gasteiger partial charge in [-0.2, -0.15) is 0 Å². The quantitative estimate of drug-likeness (QED) is 0.907. The molecule has 0 fully saturated rings. The number of hydrogen-bond donors (Lipinski definition) is 2. The van der Waals surface area contributed by atoms with E-state index in [-0.39, 0.29) is 23.7 Å². The van der Waals surface area contributed by atoms with Crippen LogP contribution in [-0.2, 0) is 6.42 Å². The molecule has 3 nitrogen and oxygen atoms in total. The van der Waals surface area contributed by atoms with Crippen molar-refractivity contribution in [2.45, 2.75) is 25.4 Å². The van der Waals surface area contributed by atoms with E-state index in [4.69, 9.17) is 4.74 Å². The maximum atomic E-state index is 12.9. The lowest BCUT2D eigenvalue weighted by Crippen LogP contribution is -2.33. The lowest BCUT2D eigenvalue weighted by Gasteiger charge is -2.19. The van der Waals surface area contributed by atoms with E-state index in [1.54, 1.807) is 12.1 Å². The van der Waals surface area contributed by atoms with Gasteiger partial charge in [-0.1, -0.05) is 12.1 Å². The second kappa shape index (κ2) is 5.74. The summed E-state index contributed by atoms with van der Waals surface area (Å²) >= 11 is 0. The maximum absolute atomic E-state index is 12.9. The van der Waals surface area contributed by atoms with E-state index in [1.165, 1.54) is 12.1 Å². The average Bonchev–Trinajstić information content (AvgIpc) is 2.83. The van der Waals surface area contributed by atoms with Gasteiger partial charge in [-0.15, -0.1) is 0 Å². The third-order valence-corrected chi connectivity index (χ3v) is 3.72. The highest BCUT2D eigenvalue weighted by Crippen LogP contribution is 2.35. The standard InChI is InChI=1S/C17H18FNO2/c1-11(8-12-2-4-13(18)5-3-12)19-16-10-21-17-9-14(20)6-7-15(16)17/h2-7,9,11,16,19-20H,8,10H2,1H3. The monoisotopic (exact) mass is 287 g/mol. The van der Waals surface area contributed by atoms with E-state index in [9.17, 15) is 9.50 Å². The molecule has 0 amide bonds. The van der Waals surface area contributed by atoms with Crippen LogP contribution in [0, 0.1) is 5.82 Å². The molecule has 0 spiro atoms. The highest BCUT2D eigenvalue weighted by Gasteiger charge is 2.25. The molecule has 1 aliphatic heterocycles. The molecule has 2 unspecified atom stereocenters. The third-order valence-electron chi connectivity index (χ3n) is 3.72. The van der Waals surface area contributed by atoms with E-state index in [0.29, 0.717) is 6.61 Å². The van der Waals surface area contributed by atoms with Gasteiger partial charge in [0, 0.05) is 17.7 Å². The molecule has 0 bridgehead atoms. The lowest BCUT2D eigenvalue weighted by molar-refractivity contribution is 0.299. The molecule has 1 heterocycles. The van der Waals surface area contributed by atoms with Crippen LogP contribution in [0.3, 0.4) is 0 Å². The minimum absolute atomic E-state index is 0.121. The molecular weight excluding hydrogens is 269 g/mol. The van der Waals surface area contributed by atoms with E-state index < -0.39 is 0 Å². The SMILES string of the molecule is CC(Cc1ccc(F)cc1)NC1COc2cc(O)ccc21. The number of aromatic hydroxyl groups is 1. The van der Waals surface area contributed by atoms with Gasteiger partial charge in [0.25, 0.3) is 0 Å². The predicted molar refractivity (Wildman–Crippen MR) is 79.0 cm³/mol. The summed E-state index contributed by atoms with van der Waals surface area (Å²) < 4.78 is 18.5. The van der Waals surface area contributed by atoms with Crippen LogP contribution >= 0.6 is 0 Å². The normalized spacial score (nSPS) is 18.1. The van der Waals surface area contributed by atoms with Crippen LogP contribution in [0.2, 0.25) is 0 Å².